The third-order valence-electron chi connectivity index (χ3n) is 5.16. The molecular formula is C32H34MgO2. The van der Waals surface area contributed by atoms with Gasteiger partial charge in [0.05, 0.1) is 5.60 Å². The van der Waals surface area contributed by atoms with Gasteiger partial charge in [-0.15, -0.1) is 13.2 Å². The van der Waals surface area contributed by atoms with Crippen molar-refractivity contribution in [2.45, 2.75) is 18.4 Å². The normalized spacial score (nSPS) is 9.63. The van der Waals surface area contributed by atoms with E-state index in [1.807, 2.05) is 72.8 Å². The molecule has 176 valence electrons. The molecule has 0 amide bonds. The molecule has 0 fully saturated rings. The van der Waals surface area contributed by atoms with Gasteiger partial charge in [0.15, 0.2) is 0 Å². The van der Waals surface area contributed by atoms with Crippen LogP contribution in [-0.4, -0.2) is 34.4 Å². The first-order chi connectivity index (χ1) is 16.0. The van der Waals surface area contributed by atoms with Gasteiger partial charge in [-0.3, -0.25) is 4.79 Å². The van der Waals surface area contributed by atoms with E-state index in [4.69, 9.17) is 0 Å². The molecule has 0 radical (unpaired) electrons. The van der Waals surface area contributed by atoms with Gasteiger partial charge in [0, 0.05) is 5.56 Å². The van der Waals surface area contributed by atoms with E-state index in [1.165, 1.54) is 16.8 Å². The number of allylic oxidation sites excluding steroid dienone is 1. The summed E-state index contributed by atoms with van der Waals surface area (Å²) in [6.45, 7) is 13.9. The molecule has 4 rings (SSSR count). The predicted octanol–water partition coefficient (Wildman–Crippen LogP) is 7.91. The molecule has 0 saturated heterocycles. The minimum atomic E-state index is -0.895. The maximum absolute atomic E-state index is 10.7. The second-order valence-corrected chi connectivity index (χ2v) is 7.59. The summed E-state index contributed by atoms with van der Waals surface area (Å²) in [7, 11) is 0. The van der Waals surface area contributed by atoms with Crippen LogP contribution >= 0.6 is 0 Å². The van der Waals surface area contributed by atoms with Crippen LogP contribution in [0.3, 0.4) is 0 Å². The van der Waals surface area contributed by atoms with Crippen molar-refractivity contribution in [3.63, 3.8) is 0 Å². The Kier molecular flexibility index (Phi) is 15.0. The predicted molar refractivity (Wildman–Crippen MR) is 155 cm³/mol. The molecule has 35 heavy (non-hydrogen) atoms. The molecule has 0 saturated carbocycles. The Morgan fingerprint density at radius 3 is 1.63 bits per heavy atom. The maximum Gasteiger partial charge on any atom is 2.00 e. The number of rotatable bonds is 6. The van der Waals surface area contributed by atoms with Crippen LogP contribution in [-0.2, 0) is 5.60 Å². The summed E-state index contributed by atoms with van der Waals surface area (Å²) in [5, 5.41) is 15.3. The Labute approximate surface area is 226 Å². The molecule has 0 bridgehead atoms. The number of aldehydes is 1. The molecule has 0 aromatic heterocycles. The molecular weight excluding hydrogens is 441 g/mol. The van der Waals surface area contributed by atoms with E-state index in [1.54, 1.807) is 12.2 Å². The van der Waals surface area contributed by atoms with Gasteiger partial charge in [0.2, 0.25) is 0 Å². The van der Waals surface area contributed by atoms with E-state index in [9.17, 15) is 9.90 Å². The molecule has 3 heteroatoms. The van der Waals surface area contributed by atoms with E-state index < -0.39 is 5.60 Å². The van der Waals surface area contributed by atoms with Gasteiger partial charge in [0.1, 0.15) is 6.29 Å². The van der Waals surface area contributed by atoms with Crippen LogP contribution < -0.4 is 0 Å². The molecule has 4 aromatic rings. The van der Waals surface area contributed by atoms with Crippen LogP contribution in [0.2, 0.25) is 0 Å². The smallest absolute Gasteiger partial charge is 0.385 e. The Morgan fingerprint density at radius 2 is 1.17 bits per heavy atom. The summed E-state index contributed by atoms with van der Waals surface area (Å²) in [5.41, 5.74) is 0.753. The van der Waals surface area contributed by atoms with Gasteiger partial charge in [0.25, 0.3) is 0 Å². The summed E-state index contributed by atoms with van der Waals surface area (Å²) in [4.78, 5) is 10.5. The average Bonchev–Trinajstić information content (AvgIpc) is 2.84. The molecule has 1 N–H and O–H groups in total. The van der Waals surface area contributed by atoms with Crippen molar-refractivity contribution in [3.8, 4) is 0 Å². The Hall–Kier alpha value is -3.11. The molecule has 0 spiro atoms. The third kappa shape index (κ3) is 9.21. The monoisotopic (exact) mass is 474 g/mol. The zero-order chi connectivity index (χ0) is 24.1. The van der Waals surface area contributed by atoms with Crippen LogP contribution in [0.4, 0.5) is 0 Å². The number of carbonyl (C=O) groups is 1. The fraction of sp³-hybridized carbons (Fsp3) is 0.0938. The van der Waals surface area contributed by atoms with E-state index in [0.717, 1.165) is 28.2 Å². The molecule has 0 aliphatic heterocycles. The summed E-state index contributed by atoms with van der Waals surface area (Å²) >= 11 is 0. The van der Waals surface area contributed by atoms with Crippen LogP contribution in [0.25, 0.3) is 21.5 Å². The molecule has 0 heterocycles. The number of benzene rings is 4. The van der Waals surface area contributed by atoms with Crippen LogP contribution in [0.1, 0.15) is 28.8 Å². The van der Waals surface area contributed by atoms with Crippen molar-refractivity contribution in [3.05, 3.63) is 148 Å². The van der Waals surface area contributed by atoms with Crippen molar-refractivity contribution >= 4 is 50.9 Å². The van der Waals surface area contributed by atoms with Crippen LogP contribution in [0.15, 0.2) is 123 Å². The van der Waals surface area contributed by atoms with Gasteiger partial charge < -0.3 is 12.5 Å². The summed E-state index contributed by atoms with van der Waals surface area (Å²) in [6, 6.07) is 27.9. The summed E-state index contributed by atoms with van der Waals surface area (Å²) in [5.74, 6) is 0. The summed E-state index contributed by atoms with van der Waals surface area (Å²) in [6.07, 6.45) is 6.92. The number of aliphatic hydroxyl groups is 1. The number of fused-ring (bicyclic) bond motifs is 2. The fourth-order valence-corrected chi connectivity index (χ4v) is 3.56. The molecule has 2 nitrogen and oxygen atoms in total. The minimum Gasteiger partial charge on any atom is -0.385 e. The van der Waals surface area contributed by atoms with E-state index in [0.29, 0.717) is 12.8 Å². The van der Waals surface area contributed by atoms with Crippen molar-refractivity contribution in [1.82, 2.24) is 0 Å². The third-order valence-corrected chi connectivity index (χ3v) is 5.16. The average molecular weight is 475 g/mol. The Morgan fingerprint density at radius 1 is 0.743 bits per heavy atom. The van der Waals surface area contributed by atoms with Crippen molar-refractivity contribution in [2.24, 2.45) is 0 Å². The zero-order valence-electron chi connectivity index (χ0n) is 20.7. The topological polar surface area (TPSA) is 37.3 Å². The Balaban J connectivity index is 0.000000593. The first kappa shape index (κ1) is 31.9. The van der Waals surface area contributed by atoms with Gasteiger partial charge in [-0.05, 0) is 52.1 Å². The summed E-state index contributed by atoms with van der Waals surface area (Å²) < 4.78 is 0. The van der Waals surface area contributed by atoms with Gasteiger partial charge in [-0.25, -0.2) is 19.6 Å². The largest absolute Gasteiger partial charge is 2.00 e. The molecule has 0 aliphatic rings. The van der Waals surface area contributed by atoms with E-state index in [2.05, 4.69) is 38.8 Å². The van der Waals surface area contributed by atoms with E-state index in [-0.39, 0.29) is 30.5 Å². The minimum absolute atomic E-state index is 0. The first-order valence-electron chi connectivity index (χ1n) is 10.8. The quantitative estimate of drug-likeness (QED) is 0.133. The van der Waals surface area contributed by atoms with Crippen molar-refractivity contribution < 1.29 is 9.90 Å². The van der Waals surface area contributed by atoms with Gasteiger partial charge in [-0.1, -0.05) is 84.9 Å². The second kappa shape index (κ2) is 16.5. The second-order valence-electron chi connectivity index (χ2n) is 7.59. The first-order valence-corrected chi connectivity index (χ1v) is 10.8. The Bertz CT molecular complexity index is 1220. The van der Waals surface area contributed by atoms with E-state index >= 15 is 0 Å². The maximum atomic E-state index is 10.7. The van der Waals surface area contributed by atoms with Gasteiger partial charge >= 0.3 is 23.1 Å². The molecule has 4 aromatic carbocycles. The molecule has 0 unspecified atom stereocenters. The van der Waals surface area contributed by atoms with Crippen LogP contribution in [0.5, 0.6) is 0 Å². The zero-order valence-corrected chi connectivity index (χ0v) is 22.1. The van der Waals surface area contributed by atoms with Crippen LogP contribution in [0, 0.1) is 14.4 Å². The number of hydrogen-bond acceptors (Lipinski definition) is 2. The molecule has 0 atom stereocenters. The molecule has 0 aliphatic carbocycles. The van der Waals surface area contributed by atoms with Gasteiger partial charge in [-0.2, -0.15) is 0 Å². The number of carbonyl (C=O) groups excluding carboxylic acids is 1. The van der Waals surface area contributed by atoms with Crippen molar-refractivity contribution in [2.75, 3.05) is 0 Å². The standard InChI is InChI=1S/C17H18O.C11H8O.C3H5.CH3.Mg/c1-3-11-17(18,12-4-2)16-10-9-14-7-5-6-8-15(14)13-16;12-8-9-5-6-10-3-1-2-4-11(10)7-9;1-3-2;;/h3-10,13,18H,1-2,11-12H2;1-8H;3H,1-2H2;1H3;/q;;2*-1;+2. The number of hydrogen-bond donors (Lipinski definition) is 1. The fourth-order valence-electron chi connectivity index (χ4n) is 3.56. The SMILES string of the molecule is C=CCC(O)(CC=C)c1ccc2ccccc2c1.C=C[CH2-].O=Cc1ccc2ccccc2c1.[CH3-].[Mg+2]. The van der Waals surface area contributed by atoms with Crippen molar-refractivity contribution in [1.29, 1.82) is 0 Å².